The molecule has 0 aliphatic rings. The molecule has 4 nitrogen and oxygen atoms in total. The van der Waals surface area contributed by atoms with E-state index in [4.69, 9.17) is 21.8 Å². The fourth-order valence-electron chi connectivity index (χ4n) is 2.23. The second kappa shape index (κ2) is 6.71. The number of benzene rings is 2. The van der Waals surface area contributed by atoms with Crippen molar-refractivity contribution < 1.29 is 9.21 Å². The molecule has 0 unspecified atom stereocenters. The molecule has 24 heavy (non-hydrogen) atoms. The van der Waals surface area contributed by atoms with E-state index in [9.17, 15) is 4.79 Å². The molecule has 2 aromatic carbocycles. The van der Waals surface area contributed by atoms with Gasteiger partial charge in [-0.05, 0) is 55.0 Å². The summed E-state index contributed by atoms with van der Waals surface area (Å²) < 4.78 is 6.69. The zero-order chi connectivity index (χ0) is 17.3. The Balaban J connectivity index is 1.82. The van der Waals surface area contributed by atoms with E-state index in [0.29, 0.717) is 22.2 Å². The number of rotatable bonds is 3. The lowest BCUT2D eigenvalue weighted by atomic mass is 10.1. The van der Waals surface area contributed by atoms with Crippen molar-refractivity contribution in [1.82, 2.24) is 0 Å². The van der Waals surface area contributed by atoms with E-state index < -0.39 is 0 Å². The van der Waals surface area contributed by atoms with E-state index in [-0.39, 0.29) is 11.7 Å². The molecule has 6 heteroatoms. The fraction of sp³-hybridized carbons (Fsp3) is 0.0556. The van der Waals surface area contributed by atoms with Crippen LogP contribution in [-0.2, 0) is 0 Å². The van der Waals surface area contributed by atoms with E-state index in [0.717, 1.165) is 15.6 Å². The van der Waals surface area contributed by atoms with Gasteiger partial charge in [-0.25, -0.2) is 0 Å². The average molecular weight is 406 g/mol. The smallest absolute Gasteiger partial charge is 0.291 e. The van der Waals surface area contributed by atoms with Crippen LogP contribution in [0.1, 0.15) is 16.1 Å². The van der Waals surface area contributed by atoms with Crippen LogP contribution in [0, 0.1) is 6.92 Å². The van der Waals surface area contributed by atoms with E-state index in [1.165, 1.54) is 0 Å². The molecule has 0 radical (unpaired) electrons. The molecule has 3 N–H and O–H groups in total. The van der Waals surface area contributed by atoms with Gasteiger partial charge in [0.2, 0.25) is 0 Å². The Labute approximate surface area is 152 Å². The number of hydrogen-bond donors (Lipinski definition) is 2. The van der Waals surface area contributed by atoms with E-state index in [1.54, 1.807) is 30.3 Å². The molecule has 0 saturated heterocycles. The van der Waals surface area contributed by atoms with Crippen LogP contribution in [0.2, 0.25) is 5.02 Å². The summed E-state index contributed by atoms with van der Waals surface area (Å²) in [6, 6.07) is 14.2. The zero-order valence-electron chi connectivity index (χ0n) is 12.8. The quantitative estimate of drug-likeness (QED) is 0.565. The van der Waals surface area contributed by atoms with Gasteiger partial charge >= 0.3 is 0 Å². The monoisotopic (exact) mass is 404 g/mol. The van der Waals surface area contributed by atoms with Crippen molar-refractivity contribution in [2.75, 3.05) is 11.1 Å². The molecule has 0 saturated carbocycles. The number of aryl methyl sites for hydroxylation is 1. The summed E-state index contributed by atoms with van der Waals surface area (Å²) in [6.07, 6.45) is 0. The van der Waals surface area contributed by atoms with Crippen LogP contribution in [0.15, 0.2) is 57.4 Å². The second-order valence-electron chi connectivity index (χ2n) is 5.32. The van der Waals surface area contributed by atoms with Gasteiger partial charge in [0.05, 0.1) is 10.7 Å². The molecule has 1 aromatic heterocycles. The Morgan fingerprint density at radius 3 is 2.67 bits per heavy atom. The third-order valence-corrected chi connectivity index (χ3v) is 4.72. The lowest BCUT2D eigenvalue weighted by Crippen LogP contribution is -2.11. The minimum atomic E-state index is -0.373. The van der Waals surface area contributed by atoms with Gasteiger partial charge in [-0.1, -0.05) is 33.6 Å². The molecule has 1 amide bonds. The van der Waals surface area contributed by atoms with Crippen LogP contribution in [0.5, 0.6) is 0 Å². The van der Waals surface area contributed by atoms with Crippen molar-refractivity contribution >= 4 is 44.8 Å². The van der Waals surface area contributed by atoms with Crippen molar-refractivity contribution in [2.45, 2.75) is 6.92 Å². The number of nitrogen functional groups attached to an aromatic ring is 1. The number of halogens is 2. The SMILES string of the molecule is Cc1cc(-c2ccc(C(=O)Nc3ccc(N)cc3Cl)o2)ccc1Br. The summed E-state index contributed by atoms with van der Waals surface area (Å²) >= 11 is 9.53. The van der Waals surface area contributed by atoms with Crippen LogP contribution in [0.4, 0.5) is 11.4 Å². The lowest BCUT2D eigenvalue weighted by molar-refractivity contribution is 0.0997. The van der Waals surface area contributed by atoms with Gasteiger partial charge in [-0.2, -0.15) is 0 Å². The minimum Gasteiger partial charge on any atom is -0.451 e. The Morgan fingerprint density at radius 2 is 1.96 bits per heavy atom. The van der Waals surface area contributed by atoms with Gasteiger partial charge in [0.1, 0.15) is 5.76 Å². The summed E-state index contributed by atoms with van der Waals surface area (Å²) in [7, 11) is 0. The largest absolute Gasteiger partial charge is 0.451 e. The van der Waals surface area contributed by atoms with E-state index in [2.05, 4.69) is 21.2 Å². The molecule has 122 valence electrons. The fourth-order valence-corrected chi connectivity index (χ4v) is 2.71. The predicted molar refractivity (Wildman–Crippen MR) is 100 cm³/mol. The number of furan rings is 1. The van der Waals surface area contributed by atoms with Gasteiger partial charge in [-0.3, -0.25) is 4.79 Å². The molecule has 0 fully saturated rings. The molecule has 0 atom stereocenters. The predicted octanol–water partition coefficient (Wildman–Crippen LogP) is 5.51. The third kappa shape index (κ3) is 3.47. The normalized spacial score (nSPS) is 10.6. The highest BCUT2D eigenvalue weighted by Gasteiger charge is 2.14. The van der Waals surface area contributed by atoms with Gasteiger partial charge in [0, 0.05) is 15.7 Å². The summed E-state index contributed by atoms with van der Waals surface area (Å²) in [6.45, 7) is 1.99. The number of nitrogens with two attached hydrogens (primary N) is 1. The van der Waals surface area contributed by atoms with Crippen LogP contribution in [0.25, 0.3) is 11.3 Å². The standard InChI is InChI=1S/C18H14BrClN2O2/c1-10-8-11(2-4-13(10)19)16-6-7-17(24-16)18(23)22-15-5-3-12(21)9-14(15)20/h2-9H,21H2,1H3,(H,22,23). The molecule has 0 aliphatic carbocycles. The number of amides is 1. The van der Waals surface area contributed by atoms with Crippen molar-refractivity contribution in [3.63, 3.8) is 0 Å². The third-order valence-electron chi connectivity index (χ3n) is 3.51. The maximum absolute atomic E-state index is 12.3. The zero-order valence-corrected chi connectivity index (χ0v) is 15.1. The highest BCUT2D eigenvalue weighted by molar-refractivity contribution is 9.10. The maximum Gasteiger partial charge on any atom is 0.291 e. The maximum atomic E-state index is 12.3. The number of hydrogen-bond acceptors (Lipinski definition) is 3. The Bertz CT molecular complexity index is 921. The molecular formula is C18H14BrClN2O2. The molecule has 3 rings (SSSR count). The topological polar surface area (TPSA) is 68.3 Å². The Kier molecular flexibility index (Phi) is 4.64. The first kappa shape index (κ1) is 16.6. The van der Waals surface area contributed by atoms with Crippen molar-refractivity contribution in [1.29, 1.82) is 0 Å². The van der Waals surface area contributed by atoms with Gasteiger partial charge in [0.15, 0.2) is 5.76 Å². The molecular weight excluding hydrogens is 392 g/mol. The second-order valence-corrected chi connectivity index (χ2v) is 6.58. The van der Waals surface area contributed by atoms with Crippen molar-refractivity contribution in [2.24, 2.45) is 0 Å². The van der Waals surface area contributed by atoms with E-state index >= 15 is 0 Å². The molecule has 0 spiro atoms. The number of carbonyl (C=O) groups is 1. The highest BCUT2D eigenvalue weighted by Crippen LogP contribution is 2.28. The summed E-state index contributed by atoms with van der Waals surface area (Å²) in [5, 5.41) is 3.09. The minimum absolute atomic E-state index is 0.207. The van der Waals surface area contributed by atoms with Crippen LogP contribution < -0.4 is 11.1 Å². The molecule has 1 heterocycles. The van der Waals surface area contributed by atoms with Gasteiger partial charge in [0.25, 0.3) is 5.91 Å². The van der Waals surface area contributed by atoms with E-state index in [1.807, 2.05) is 25.1 Å². The molecule has 0 bridgehead atoms. The summed E-state index contributed by atoms with van der Waals surface area (Å²) in [4.78, 5) is 12.3. The van der Waals surface area contributed by atoms with Crippen molar-refractivity contribution in [3.8, 4) is 11.3 Å². The lowest BCUT2D eigenvalue weighted by Gasteiger charge is -2.06. The number of nitrogens with one attached hydrogen (secondary N) is 1. The van der Waals surface area contributed by atoms with Crippen LogP contribution in [-0.4, -0.2) is 5.91 Å². The average Bonchev–Trinajstić information content (AvgIpc) is 3.03. The van der Waals surface area contributed by atoms with Crippen molar-refractivity contribution in [3.05, 3.63) is 69.3 Å². The first-order chi connectivity index (χ1) is 11.4. The highest BCUT2D eigenvalue weighted by atomic mass is 79.9. The number of anilines is 2. The van der Waals surface area contributed by atoms with Gasteiger partial charge < -0.3 is 15.5 Å². The Morgan fingerprint density at radius 1 is 1.17 bits per heavy atom. The first-order valence-electron chi connectivity index (χ1n) is 7.17. The summed E-state index contributed by atoms with van der Waals surface area (Å²) in [5.74, 6) is 0.458. The first-order valence-corrected chi connectivity index (χ1v) is 8.34. The molecule has 0 aliphatic heterocycles. The van der Waals surface area contributed by atoms with Crippen LogP contribution in [0.3, 0.4) is 0 Å². The number of carbonyl (C=O) groups excluding carboxylic acids is 1. The van der Waals surface area contributed by atoms with Gasteiger partial charge in [-0.15, -0.1) is 0 Å². The van der Waals surface area contributed by atoms with Crippen LogP contribution >= 0.6 is 27.5 Å². The summed E-state index contributed by atoms with van der Waals surface area (Å²) in [5.41, 5.74) is 8.64. The molecule has 3 aromatic rings. The Hall–Kier alpha value is -2.24.